The van der Waals surface area contributed by atoms with Gasteiger partial charge in [0.05, 0.1) is 6.10 Å². The van der Waals surface area contributed by atoms with Crippen molar-refractivity contribution in [2.75, 3.05) is 13.7 Å². The van der Waals surface area contributed by atoms with E-state index >= 15 is 0 Å². The number of rotatable bonds is 4. The number of hydrogen-bond acceptors (Lipinski definition) is 2. The van der Waals surface area contributed by atoms with Crippen molar-refractivity contribution in [1.29, 1.82) is 0 Å². The van der Waals surface area contributed by atoms with E-state index in [0.29, 0.717) is 11.5 Å². The van der Waals surface area contributed by atoms with Crippen LogP contribution in [0.2, 0.25) is 0 Å². The third-order valence-corrected chi connectivity index (χ3v) is 4.39. The Morgan fingerprint density at radius 3 is 2.33 bits per heavy atom. The zero-order valence-corrected chi connectivity index (χ0v) is 10.2. The highest BCUT2D eigenvalue weighted by Crippen LogP contribution is 2.39. The molecule has 2 fully saturated rings. The molecule has 0 aromatic carbocycles. The molecule has 1 N–H and O–H groups in total. The Hall–Kier alpha value is -0.0800. The summed E-state index contributed by atoms with van der Waals surface area (Å²) in [4.78, 5) is 0. The summed E-state index contributed by atoms with van der Waals surface area (Å²) in [5, 5.41) is 3.75. The van der Waals surface area contributed by atoms with E-state index in [9.17, 15) is 0 Å². The Kier molecular flexibility index (Phi) is 3.68. The van der Waals surface area contributed by atoms with Crippen molar-refractivity contribution in [3.05, 3.63) is 0 Å². The van der Waals surface area contributed by atoms with Gasteiger partial charge in [0.2, 0.25) is 0 Å². The minimum Gasteiger partial charge on any atom is -0.381 e. The van der Waals surface area contributed by atoms with Crippen LogP contribution in [0.15, 0.2) is 0 Å². The van der Waals surface area contributed by atoms with Crippen molar-refractivity contribution in [3.8, 4) is 0 Å². The summed E-state index contributed by atoms with van der Waals surface area (Å²) in [5.41, 5.74) is 0.623. The largest absolute Gasteiger partial charge is 0.381 e. The molecule has 2 aliphatic carbocycles. The van der Waals surface area contributed by atoms with E-state index in [1.807, 2.05) is 7.11 Å². The molecule has 0 amide bonds. The zero-order chi connectivity index (χ0) is 10.7. The summed E-state index contributed by atoms with van der Waals surface area (Å²) in [5.74, 6) is 0. The van der Waals surface area contributed by atoms with Gasteiger partial charge >= 0.3 is 0 Å². The molecule has 0 aromatic rings. The van der Waals surface area contributed by atoms with Crippen LogP contribution in [0.5, 0.6) is 0 Å². The van der Waals surface area contributed by atoms with Gasteiger partial charge in [0.15, 0.2) is 0 Å². The minimum absolute atomic E-state index is 0.530. The molecule has 0 saturated heterocycles. The van der Waals surface area contributed by atoms with Gasteiger partial charge in [-0.25, -0.2) is 0 Å². The average molecular weight is 211 g/mol. The van der Waals surface area contributed by atoms with Gasteiger partial charge in [0, 0.05) is 19.7 Å². The molecule has 0 bridgehead atoms. The number of nitrogens with one attached hydrogen (secondary N) is 1. The second-order valence-corrected chi connectivity index (χ2v) is 5.75. The van der Waals surface area contributed by atoms with E-state index in [-0.39, 0.29) is 0 Å². The van der Waals surface area contributed by atoms with Crippen LogP contribution in [0.4, 0.5) is 0 Å². The second kappa shape index (κ2) is 4.84. The van der Waals surface area contributed by atoms with E-state index in [1.54, 1.807) is 0 Å². The summed E-state index contributed by atoms with van der Waals surface area (Å²) in [6.45, 7) is 3.65. The lowest BCUT2D eigenvalue weighted by Gasteiger charge is -2.40. The summed E-state index contributed by atoms with van der Waals surface area (Å²) >= 11 is 0. The molecular formula is C13H25NO. The first kappa shape index (κ1) is 11.4. The van der Waals surface area contributed by atoms with E-state index in [1.165, 1.54) is 51.5 Å². The van der Waals surface area contributed by atoms with Crippen molar-refractivity contribution in [3.63, 3.8) is 0 Å². The molecule has 0 atom stereocenters. The van der Waals surface area contributed by atoms with Crippen molar-refractivity contribution in [2.45, 2.75) is 64.0 Å². The Balaban J connectivity index is 1.64. The maximum atomic E-state index is 5.39. The fourth-order valence-electron chi connectivity index (χ4n) is 2.85. The first-order chi connectivity index (χ1) is 7.22. The Morgan fingerprint density at radius 1 is 1.20 bits per heavy atom. The van der Waals surface area contributed by atoms with E-state index in [2.05, 4.69) is 12.2 Å². The van der Waals surface area contributed by atoms with Crippen LogP contribution in [0.25, 0.3) is 0 Å². The van der Waals surface area contributed by atoms with Crippen LogP contribution < -0.4 is 5.32 Å². The molecule has 2 saturated carbocycles. The smallest absolute Gasteiger partial charge is 0.0572 e. The summed E-state index contributed by atoms with van der Waals surface area (Å²) in [6, 6.07) is 0.758. The van der Waals surface area contributed by atoms with Gasteiger partial charge in [-0.15, -0.1) is 0 Å². The predicted molar refractivity (Wildman–Crippen MR) is 63.0 cm³/mol. The maximum absolute atomic E-state index is 5.39. The molecule has 2 rings (SSSR count). The molecule has 0 heterocycles. The Bertz CT molecular complexity index is 193. The lowest BCUT2D eigenvalue weighted by molar-refractivity contribution is 0.0586. The molecular weight excluding hydrogens is 186 g/mol. The molecule has 0 aliphatic heterocycles. The zero-order valence-electron chi connectivity index (χ0n) is 10.2. The molecule has 15 heavy (non-hydrogen) atoms. The van der Waals surface area contributed by atoms with Crippen LogP contribution in [0.1, 0.15) is 51.9 Å². The highest BCUT2D eigenvalue weighted by Gasteiger charge is 2.32. The molecule has 88 valence electrons. The van der Waals surface area contributed by atoms with Gasteiger partial charge in [-0.1, -0.05) is 13.3 Å². The minimum atomic E-state index is 0.530. The van der Waals surface area contributed by atoms with Gasteiger partial charge in [-0.05, 0) is 43.9 Å². The van der Waals surface area contributed by atoms with Crippen molar-refractivity contribution in [2.24, 2.45) is 5.41 Å². The number of hydrogen-bond donors (Lipinski definition) is 1. The Morgan fingerprint density at radius 2 is 1.87 bits per heavy atom. The first-order valence-corrected chi connectivity index (χ1v) is 6.48. The predicted octanol–water partition coefficient (Wildman–Crippen LogP) is 2.72. The van der Waals surface area contributed by atoms with Gasteiger partial charge in [0.1, 0.15) is 0 Å². The molecule has 0 radical (unpaired) electrons. The number of methoxy groups -OCH3 is 1. The van der Waals surface area contributed by atoms with Gasteiger partial charge in [0.25, 0.3) is 0 Å². The fraction of sp³-hybridized carbons (Fsp3) is 1.00. The lowest BCUT2D eigenvalue weighted by atomic mass is 9.70. The van der Waals surface area contributed by atoms with Crippen LogP contribution in [-0.2, 0) is 4.74 Å². The van der Waals surface area contributed by atoms with Gasteiger partial charge < -0.3 is 10.1 Å². The van der Waals surface area contributed by atoms with E-state index < -0.39 is 0 Å². The molecule has 0 spiro atoms. The van der Waals surface area contributed by atoms with Gasteiger partial charge in [-0.3, -0.25) is 0 Å². The van der Waals surface area contributed by atoms with Crippen molar-refractivity contribution >= 4 is 0 Å². The SMILES string of the molecule is COC1CCC(NCC2(C)CCC2)CC1. The van der Waals surface area contributed by atoms with Crippen LogP contribution in [0, 0.1) is 5.41 Å². The fourth-order valence-corrected chi connectivity index (χ4v) is 2.85. The van der Waals surface area contributed by atoms with E-state index in [0.717, 1.165) is 6.04 Å². The molecule has 2 aliphatic rings. The Labute approximate surface area is 93.8 Å². The maximum Gasteiger partial charge on any atom is 0.0572 e. The third kappa shape index (κ3) is 2.94. The summed E-state index contributed by atoms with van der Waals surface area (Å²) in [7, 11) is 1.84. The van der Waals surface area contributed by atoms with Crippen LogP contribution in [0.3, 0.4) is 0 Å². The lowest BCUT2D eigenvalue weighted by Crippen LogP contribution is -2.43. The molecule has 2 nitrogen and oxygen atoms in total. The van der Waals surface area contributed by atoms with Crippen LogP contribution >= 0.6 is 0 Å². The third-order valence-electron chi connectivity index (χ3n) is 4.39. The molecule has 2 heteroatoms. The average Bonchev–Trinajstić information content (AvgIpc) is 2.24. The topological polar surface area (TPSA) is 21.3 Å². The van der Waals surface area contributed by atoms with E-state index in [4.69, 9.17) is 4.74 Å². The standard InChI is InChI=1S/C13H25NO/c1-13(8-3-9-13)10-14-11-4-6-12(15-2)7-5-11/h11-12,14H,3-10H2,1-2H3. The van der Waals surface area contributed by atoms with Crippen molar-refractivity contribution in [1.82, 2.24) is 5.32 Å². The normalized spacial score (nSPS) is 34.8. The summed E-state index contributed by atoms with van der Waals surface area (Å²) < 4.78 is 5.39. The second-order valence-electron chi connectivity index (χ2n) is 5.75. The van der Waals surface area contributed by atoms with Crippen molar-refractivity contribution < 1.29 is 4.74 Å². The quantitative estimate of drug-likeness (QED) is 0.772. The number of ether oxygens (including phenoxy) is 1. The monoisotopic (exact) mass is 211 g/mol. The van der Waals surface area contributed by atoms with Crippen LogP contribution in [-0.4, -0.2) is 25.8 Å². The molecule has 0 aromatic heterocycles. The molecule has 0 unspecified atom stereocenters. The summed E-state index contributed by atoms with van der Waals surface area (Å²) in [6.07, 6.45) is 9.90. The first-order valence-electron chi connectivity index (χ1n) is 6.48. The highest BCUT2D eigenvalue weighted by atomic mass is 16.5. The van der Waals surface area contributed by atoms with Gasteiger partial charge in [-0.2, -0.15) is 0 Å². The highest BCUT2D eigenvalue weighted by molar-refractivity contribution is 4.87.